The Morgan fingerprint density at radius 2 is 1.76 bits per heavy atom. The van der Waals surface area contributed by atoms with Gasteiger partial charge in [-0.3, -0.25) is 4.79 Å². The summed E-state index contributed by atoms with van der Waals surface area (Å²) in [5.41, 5.74) is 0.807. The van der Waals surface area contributed by atoms with Gasteiger partial charge in [-0.15, -0.1) is 10.2 Å². The number of anilines is 1. The van der Waals surface area contributed by atoms with Gasteiger partial charge in [0.15, 0.2) is 11.0 Å². The highest BCUT2D eigenvalue weighted by molar-refractivity contribution is 8.00. The number of nitrogens with zero attached hydrogens (tertiary/aromatic N) is 3. The maximum Gasteiger partial charge on any atom is 0.418 e. The predicted octanol–water partition coefficient (Wildman–Crippen LogP) is 4.93. The van der Waals surface area contributed by atoms with Crippen LogP contribution in [0, 0.1) is 6.92 Å². The molecule has 1 atom stereocenters. The van der Waals surface area contributed by atoms with Gasteiger partial charge in [0.05, 0.1) is 16.5 Å². The van der Waals surface area contributed by atoms with Crippen LogP contribution in [-0.4, -0.2) is 25.9 Å². The zero-order valence-corrected chi connectivity index (χ0v) is 16.8. The van der Waals surface area contributed by atoms with Crippen LogP contribution in [0.15, 0.2) is 53.7 Å². The highest BCUT2D eigenvalue weighted by Gasteiger charge is 2.34. The second-order valence-electron chi connectivity index (χ2n) is 6.47. The highest BCUT2D eigenvalue weighted by atomic mass is 32.2. The molecule has 0 radical (unpaired) electrons. The van der Waals surface area contributed by atoms with Crippen molar-refractivity contribution in [2.45, 2.75) is 30.4 Å². The van der Waals surface area contributed by atoms with E-state index in [9.17, 15) is 18.0 Å². The van der Waals surface area contributed by atoms with Gasteiger partial charge in [-0.25, -0.2) is 0 Å². The topological polar surface area (TPSA) is 59.8 Å². The van der Waals surface area contributed by atoms with Crippen LogP contribution >= 0.6 is 11.8 Å². The predicted molar refractivity (Wildman–Crippen MR) is 107 cm³/mol. The lowest BCUT2D eigenvalue weighted by molar-refractivity contribution is -0.137. The number of aromatic nitrogens is 3. The number of nitrogens with one attached hydrogen (secondary N) is 1. The molecule has 29 heavy (non-hydrogen) atoms. The Morgan fingerprint density at radius 3 is 2.45 bits per heavy atom. The van der Waals surface area contributed by atoms with Gasteiger partial charge in [0.25, 0.3) is 0 Å². The lowest BCUT2D eigenvalue weighted by Gasteiger charge is -2.16. The molecule has 152 valence electrons. The van der Waals surface area contributed by atoms with E-state index in [1.54, 1.807) is 18.5 Å². The number of carbonyl (C=O) groups excluding carboxylic acids is 1. The first-order chi connectivity index (χ1) is 13.7. The van der Waals surface area contributed by atoms with Crippen LogP contribution in [0.4, 0.5) is 18.9 Å². The van der Waals surface area contributed by atoms with Crippen LogP contribution in [-0.2, 0) is 18.0 Å². The van der Waals surface area contributed by atoms with Crippen LogP contribution in [0.25, 0.3) is 11.4 Å². The number of alkyl halides is 3. The van der Waals surface area contributed by atoms with Crippen molar-refractivity contribution < 1.29 is 18.0 Å². The number of hydrogen-bond acceptors (Lipinski definition) is 4. The number of rotatable bonds is 5. The molecule has 1 heterocycles. The van der Waals surface area contributed by atoms with Crippen LogP contribution in [0.2, 0.25) is 0 Å². The van der Waals surface area contributed by atoms with Crippen molar-refractivity contribution in [3.05, 3.63) is 59.7 Å². The fraction of sp³-hybridized carbons (Fsp3) is 0.250. The van der Waals surface area contributed by atoms with Crippen molar-refractivity contribution in [1.29, 1.82) is 0 Å². The summed E-state index contributed by atoms with van der Waals surface area (Å²) >= 11 is 1.13. The van der Waals surface area contributed by atoms with E-state index in [0.29, 0.717) is 11.0 Å². The molecule has 1 unspecified atom stereocenters. The van der Waals surface area contributed by atoms with Crippen molar-refractivity contribution in [2.75, 3.05) is 5.32 Å². The number of hydrogen-bond donors (Lipinski definition) is 1. The van der Waals surface area contributed by atoms with E-state index < -0.39 is 22.9 Å². The normalized spacial score (nSPS) is 12.6. The quantitative estimate of drug-likeness (QED) is 0.595. The van der Waals surface area contributed by atoms with E-state index in [1.165, 1.54) is 18.2 Å². The molecule has 3 aromatic rings. The fourth-order valence-electron chi connectivity index (χ4n) is 2.76. The molecule has 0 spiro atoms. The van der Waals surface area contributed by atoms with E-state index in [4.69, 9.17) is 0 Å². The summed E-state index contributed by atoms with van der Waals surface area (Å²) in [6.45, 7) is 3.57. The van der Waals surface area contributed by atoms with Crippen molar-refractivity contribution in [1.82, 2.24) is 14.8 Å². The van der Waals surface area contributed by atoms with E-state index in [0.717, 1.165) is 29.0 Å². The second kappa shape index (κ2) is 8.28. The van der Waals surface area contributed by atoms with Crippen molar-refractivity contribution in [3.8, 4) is 11.4 Å². The fourth-order valence-corrected chi connectivity index (χ4v) is 3.58. The molecule has 1 aromatic heterocycles. The van der Waals surface area contributed by atoms with Crippen LogP contribution in [0.1, 0.15) is 18.1 Å². The first-order valence-corrected chi connectivity index (χ1v) is 9.65. The molecule has 1 N–H and O–H groups in total. The summed E-state index contributed by atoms with van der Waals surface area (Å²) < 4.78 is 41.1. The molecule has 0 saturated carbocycles. The lowest BCUT2D eigenvalue weighted by Crippen LogP contribution is -2.24. The molecule has 0 fully saturated rings. The average Bonchev–Trinajstić information content (AvgIpc) is 3.02. The zero-order chi connectivity index (χ0) is 21.2. The van der Waals surface area contributed by atoms with Gasteiger partial charge in [-0.05, 0) is 31.5 Å². The maximum atomic E-state index is 13.1. The summed E-state index contributed by atoms with van der Waals surface area (Å²) in [6, 6.07) is 12.6. The molecule has 9 heteroatoms. The molecule has 0 aliphatic heterocycles. The molecular weight excluding hydrogens is 401 g/mol. The van der Waals surface area contributed by atoms with Crippen molar-refractivity contribution >= 4 is 23.4 Å². The Balaban J connectivity index is 1.76. The minimum absolute atomic E-state index is 0.268. The van der Waals surface area contributed by atoms with Gasteiger partial charge in [0.1, 0.15) is 0 Å². The second-order valence-corrected chi connectivity index (χ2v) is 7.78. The Bertz CT molecular complexity index is 1030. The maximum absolute atomic E-state index is 13.1. The molecule has 0 bridgehead atoms. The number of para-hydroxylation sites is 1. The highest BCUT2D eigenvalue weighted by Crippen LogP contribution is 2.35. The number of aryl methyl sites for hydroxylation is 1. The first kappa shape index (κ1) is 20.9. The molecule has 0 aliphatic carbocycles. The van der Waals surface area contributed by atoms with Gasteiger partial charge < -0.3 is 9.88 Å². The number of benzene rings is 2. The number of carbonyl (C=O) groups is 1. The van der Waals surface area contributed by atoms with Crippen LogP contribution in [0.3, 0.4) is 0 Å². The minimum atomic E-state index is -4.55. The van der Waals surface area contributed by atoms with E-state index >= 15 is 0 Å². The average molecular weight is 420 g/mol. The summed E-state index contributed by atoms with van der Waals surface area (Å²) in [5.74, 6) is 0.104. The number of halogens is 3. The minimum Gasteiger partial charge on any atom is -0.325 e. The number of thioether (sulfide) groups is 1. The third-order valence-electron chi connectivity index (χ3n) is 4.36. The van der Waals surface area contributed by atoms with Crippen LogP contribution < -0.4 is 5.32 Å². The van der Waals surface area contributed by atoms with Gasteiger partial charge in [0.2, 0.25) is 5.91 Å². The summed E-state index contributed by atoms with van der Waals surface area (Å²) in [5, 5.41) is 10.5. The standard InChI is InChI=1S/C20H19F3N4OS/c1-12-8-4-5-9-14(12)17-25-26-19(27(17)3)29-13(2)18(28)24-16-11-7-6-10-15(16)20(21,22)23/h4-11,13H,1-3H3,(H,24,28). The monoisotopic (exact) mass is 420 g/mol. The Morgan fingerprint density at radius 1 is 1.10 bits per heavy atom. The van der Waals surface area contributed by atoms with E-state index in [1.807, 2.05) is 31.2 Å². The first-order valence-electron chi connectivity index (χ1n) is 8.77. The third-order valence-corrected chi connectivity index (χ3v) is 5.50. The van der Waals surface area contributed by atoms with Crippen molar-refractivity contribution in [3.63, 3.8) is 0 Å². The van der Waals surface area contributed by atoms with Gasteiger partial charge in [0, 0.05) is 12.6 Å². The number of amides is 1. The smallest absolute Gasteiger partial charge is 0.325 e. The van der Waals surface area contributed by atoms with E-state index in [-0.39, 0.29) is 5.69 Å². The van der Waals surface area contributed by atoms with E-state index in [2.05, 4.69) is 15.5 Å². The molecule has 0 aliphatic rings. The van der Waals surface area contributed by atoms with Crippen LogP contribution in [0.5, 0.6) is 0 Å². The summed E-state index contributed by atoms with van der Waals surface area (Å²) in [6.07, 6.45) is -4.55. The molecule has 0 saturated heterocycles. The zero-order valence-electron chi connectivity index (χ0n) is 16.0. The third kappa shape index (κ3) is 4.61. The lowest BCUT2D eigenvalue weighted by atomic mass is 10.1. The summed E-state index contributed by atoms with van der Waals surface area (Å²) in [4.78, 5) is 12.5. The van der Waals surface area contributed by atoms with Crippen molar-refractivity contribution in [2.24, 2.45) is 7.05 Å². The molecular formula is C20H19F3N4OS. The van der Waals surface area contributed by atoms with Gasteiger partial charge >= 0.3 is 6.18 Å². The Hall–Kier alpha value is -2.81. The largest absolute Gasteiger partial charge is 0.418 e. The molecule has 5 nitrogen and oxygen atoms in total. The van der Waals surface area contributed by atoms with Gasteiger partial charge in [-0.1, -0.05) is 48.2 Å². The summed E-state index contributed by atoms with van der Waals surface area (Å²) in [7, 11) is 1.79. The SMILES string of the molecule is Cc1ccccc1-c1nnc(SC(C)C(=O)Nc2ccccc2C(F)(F)F)n1C. The molecule has 3 rings (SSSR count). The Labute approximate surface area is 170 Å². The molecule has 1 amide bonds. The Kier molecular flexibility index (Phi) is 5.97. The molecule has 2 aromatic carbocycles. The van der Waals surface area contributed by atoms with Gasteiger partial charge in [-0.2, -0.15) is 13.2 Å².